The summed E-state index contributed by atoms with van der Waals surface area (Å²) in [5.41, 5.74) is 8.26. The molecule has 0 saturated heterocycles. The van der Waals surface area contributed by atoms with E-state index in [1.54, 1.807) is 0 Å². The maximum Gasteiger partial charge on any atom is 0.312 e. The van der Waals surface area contributed by atoms with E-state index in [1.165, 1.54) is 0 Å². The van der Waals surface area contributed by atoms with Crippen molar-refractivity contribution in [2.24, 2.45) is 66.9 Å². The first-order valence-corrected chi connectivity index (χ1v) is 17.7. The van der Waals surface area contributed by atoms with Gasteiger partial charge in [-0.1, -0.05) is 48.1 Å². The second kappa shape index (κ2) is 11.1. The fraction of sp³-hybridized carbons (Fsp3) is 0.821. The number of hydrogen-bond donors (Lipinski definition) is 2. The van der Waals surface area contributed by atoms with Gasteiger partial charge in [-0.25, -0.2) is 0 Å². The first kappa shape index (κ1) is 34.4. The first-order valence-electron chi connectivity index (χ1n) is 17.7. The van der Waals surface area contributed by atoms with Gasteiger partial charge in [0.1, 0.15) is 12.4 Å². The summed E-state index contributed by atoms with van der Waals surface area (Å²) in [6, 6.07) is 0. The minimum absolute atomic E-state index is 0.0233. The summed E-state index contributed by atoms with van der Waals surface area (Å²) in [5, 5.41) is 11.0. The molecule has 0 spiro atoms. The van der Waals surface area contributed by atoms with Gasteiger partial charge in [0.25, 0.3) is 0 Å². The van der Waals surface area contributed by atoms with Crippen molar-refractivity contribution in [1.82, 2.24) is 0 Å². The number of hydrogen-bond acceptors (Lipinski definition) is 6. The largest absolute Gasteiger partial charge is 0.459 e. The number of allylic oxidation sites excluding steroid dienone is 2. The van der Waals surface area contributed by atoms with Crippen LogP contribution in [0.15, 0.2) is 28.5 Å². The molecule has 6 heteroatoms. The van der Waals surface area contributed by atoms with Crippen LogP contribution in [0.5, 0.6) is 0 Å². The number of aliphatic hydroxyl groups is 1. The molecule has 0 radical (unpaired) electrons. The van der Waals surface area contributed by atoms with Crippen LogP contribution in [0.1, 0.15) is 133 Å². The number of Topliss-reactive ketones (excluding diaryl/α,β-unsaturated/α-hetero) is 1. The van der Waals surface area contributed by atoms with E-state index in [1.807, 2.05) is 20.8 Å². The van der Waals surface area contributed by atoms with Crippen LogP contribution < -0.4 is 5.73 Å². The number of carbonyl (C=O) groups is 2. The number of esters is 1. The normalized spacial score (nSPS) is 46.5. The van der Waals surface area contributed by atoms with E-state index in [0.717, 1.165) is 69.1 Å². The van der Waals surface area contributed by atoms with Crippen molar-refractivity contribution in [1.29, 1.82) is 0 Å². The van der Waals surface area contributed by atoms with Crippen LogP contribution >= 0.6 is 0 Å². The molecular formula is C39H62N2O4. The molecule has 5 aliphatic carbocycles. The Labute approximate surface area is 273 Å². The lowest BCUT2D eigenvalue weighted by atomic mass is 9.31. The summed E-state index contributed by atoms with van der Waals surface area (Å²) in [4.78, 5) is 33.0. The number of rotatable bonds is 5. The summed E-state index contributed by atoms with van der Waals surface area (Å²) in [5.74, 6) is 1.17. The van der Waals surface area contributed by atoms with Crippen molar-refractivity contribution in [3.8, 4) is 0 Å². The highest BCUT2D eigenvalue weighted by Gasteiger charge is 2.72. The summed E-state index contributed by atoms with van der Waals surface area (Å²) in [7, 11) is 0. The molecule has 0 aromatic carbocycles. The zero-order chi connectivity index (χ0) is 33.5. The molecule has 5 aliphatic rings. The number of carbonyl (C=O) groups excluding carboxylic acids is 2. The standard InChI is InChI=1S/C39H62N2O4/c1-23(2)24(3)41-25(4)28(40)22-45-33(44)36(8)17-16-35(7)18-19-38(10)26(27(35)21-36)20-29(42)32-37(9)14-13-31(43)34(5,6)30(37)12-15-39(32,38)11/h26-27,30-32,43H,1,12-22,40H2,2-11H3/b28-25-,41-24?. The van der Waals surface area contributed by atoms with E-state index in [-0.39, 0.29) is 63.5 Å². The van der Waals surface area contributed by atoms with E-state index >= 15 is 0 Å². The molecule has 0 aromatic rings. The maximum atomic E-state index is 14.6. The van der Waals surface area contributed by atoms with E-state index in [4.69, 9.17) is 10.5 Å². The third-order valence-corrected chi connectivity index (χ3v) is 15.4. The van der Waals surface area contributed by atoms with E-state index in [9.17, 15) is 14.7 Å². The van der Waals surface area contributed by atoms with Gasteiger partial charge in [0.15, 0.2) is 0 Å². The highest BCUT2D eigenvalue weighted by molar-refractivity contribution is 5.97. The van der Waals surface area contributed by atoms with Crippen molar-refractivity contribution in [3.63, 3.8) is 0 Å². The molecule has 10 unspecified atom stereocenters. The smallest absolute Gasteiger partial charge is 0.312 e. The van der Waals surface area contributed by atoms with Crippen LogP contribution in [-0.2, 0) is 14.3 Å². The van der Waals surface area contributed by atoms with Crippen molar-refractivity contribution in [2.75, 3.05) is 6.61 Å². The highest BCUT2D eigenvalue weighted by Crippen LogP contribution is 2.76. The summed E-state index contributed by atoms with van der Waals surface area (Å²) in [6.07, 6.45) is 8.93. The van der Waals surface area contributed by atoms with Crippen molar-refractivity contribution >= 4 is 17.5 Å². The molecule has 3 N–H and O–H groups in total. The third-order valence-electron chi connectivity index (χ3n) is 15.4. The fourth-order valence-corrected chi connectivity index (χ4v) is 11.9. The van der Waals surface area contributed by atoms with Crippen molar-refractivity contribution < 1.29 is 19.4 Å². The van der Waals surface area contributed by atoms with Gasteiger partial charge in [-0.05, 0) is 136 Å². The average Bonchev–Trinajstić information content (AvgIpc) is 2.95. The second-order valence-corrected chi connectivity index (χ2v) is 18.2. The Kier molecular flexibility index (Phi) is 8.45. The Morgan fingerprint density at radius 2 is 1.58 bits per heavy atom. The number of fused-ring (bicyclic) bond motifs is 7. The Bertz CT molecular complexity index is 1330. The predicted octanol–water partition coefficient (Wildman–Crippen LogP) is 8.18. The van der Waals surface area contributed by atoms with Gasteiger partial charge < -0.3 is 15.6 Å². The van der Waals surface area contributed by atoms with Crippen LogP contribution in [0.3, 0.4) is 0 Å². The first-order chi connectivity index (χ1) is 20.7. The molecule has 5 fully saturated rings. The lowest BCUT2D eigenvalue weighted by Gasteiger charge is -2.72. The number of ether oxygens (including phenoxy) is 1. The zero-order valence-electron chi connectivity index (χ0n) is 30.1. The van der Waals surface area contributed by atoms with Gasteiger partial charge in [0.05, 0.1) is 22.9 Å². The molecule has 0 aromatic heterocycles. The summed E-state index contributed by atoms with van der Waals surface area (Å²) in [6.45, 7) is 25.9. The van der Waals surface area contributed by atoms with Crippen molar-refractivity contribution in [2.45, 2.75) is 140 Å². The van der Waals surface area contributed by atoms with Gasteiger partial charge in [-0.15, -0.1) is 0 Å². The maximum absolute atomic E-state index is 14.6. The average molecular weight is 623 g/mol. The minimum Gasteiger partial charge on any atom is -0.459 e. The third kappa shape index (κ3) is 5.10. The van der Waals surface area contributed by atoms with Crippen LogP contribution in [0.4, 0.5) is 0 Å². The molecule has 10 atom stereocenters. The predicted molar refractivity (Wildman–Crippen MR) is 181 cm³/mol. The number of nitrogens with two attached hydrogens (primary N) is 1. The lowest BCUT2D eigenvalue weighted by Crippen LogP contribution is -2.69. The minimum atomic E-state index is -0.610. The topological polar surface area (TPSA) is 102 Å². The monoisotopic (exact) mass is 622 g/mol. The van der Waals surface area contributed by atoms with Gasteiger partial charge in [0, 0.05) is 18.1 Å². The number of ketones is 1. The molecule has 0 aliphatic heterocycles. The van der Waals surface area contributed by atoms with Crippen LogP contribution in [0.25, 0.3) is 0 Å². The molecule has 5 rings (SSSR count). The Morgan fingerprint density at radius 1 is 0.933 bits per heavy atom. The Hall–Kier alpha value is -1.95. The zero-order valence-corrected chi connectivity index (χ0v) is 30.1. The Balaban J connectivity index is 1.41. The van der Waals surface area contributed by atoms with E-state index in [2.05, 4.69) is 60.0 Å². The lowest BCUT2D eigenvalue weighted by molar-refractivity contribution is -0.243. The molecule has 0 bridgehead atoms. The molecular weight excluding hydrogens is 560 g/mol. The van der Waals surface area contributed by atoms with Crippen LogP contribution in [0.2, 0.25) is 0 Å². The van der Waals surface area contributed by atoms with Gasteiger partial charge in [-0.2, -0.15) is 0 Å². The highest BCUT2D eigenvalue weighted by atomic mass is 16.5. The molecule has 0 heterocycles. The molecule has 5 saturated carbocycles. The van der Waals surface area contributed by atoms with E-state index < -0.39 is 5.41 Å². The van der Waals surface area contributed by atoms with Gasteiger partial charge in [-0.3, -0.25) is 14.6 Å². The fourth-order valence-electron chi connectivity index (χ4n) is 11.9. The molecule has 0 amide bonds. The second-order valence-electron chi connectivity index (χ2n) is 18.2. The molecule has 6 nitrogen and oxygen atoms in total. The van der Waals surface area contributed by atoms with E-state index in [0.29, 0.717) is 29.5 Å². The van der Waals surface area contributed by atoms with Gasteiger partial charge >= 0.3 is 5.97 Å². The van der Waals surface area contributed by atoms with Gasteiger partial charge in [0.2, 0.25) is 0 Å². The SMILES string of the molecule is C=C(C)C(C)=N/C(C)=C(\N)COC(=O)C1(C)CCC2(C)CCC3(C)C(CC(=O)C4C5(C)CCC(O)C(C)(C)C5CCC43C)C2C1. The van der Waals surface area contributed by atoms with Crippen molar-refractivity contribution in [3.05, 3.63) is 23.5 Å². The van der Waals surface area contributed by atoms with Crippen LogP contribution in [-0.4, -0.2) is 35.3 Å². The Morgan fingerprint density at radius 3 is 2.22 bits per heavy atom. The van der Waals surface area contributed by atoms with Crippen LogP contribution in [0, 0.1) is 56.2 Å². The summed E-state index contributed by atoms with van der Waals surface area (Å²) >= 11 is 0. The number of aliphatic hydroxyl groups excluding tert-OH is 1. The molecule has 45 heavy (non-hydrogen) atoms. The quantitative estimate of drug-likeness (QED) is 0.238. The summed E-state index contributed by atoms with van der Waals surface area (Å²) < 4.78 is 5.91. The number of nitrogens with zero attached hydrogens (tertiary/aromatic N) is 1. The molecule has 252 valence electrons. The number of aliphatic imine (C=N–C) groups is 1.